The number of aryl methyl sites for hydroxylation is 1. The molecular formula is C15H25ClN2O2. The van der Waals surface area contributed by atoms with Crippen LogP contribution in [0.3, 0.4) is 0 Å². The smallest absolute Gasteiger partial charge is 0.222 e. The minimum atomic E-state index is 0. The zero-order chi connectivity index (χ0) is 14.3. The minimum Gasteiger partial charge on any atom is -0.494 e. The molecule has 0 heterocycles. The SMILES string of the molecule is Cc1cccc(OCCCC(=O)N(C)C(C)CN)c1.Cl. The molecule has 0 saturated carbocycles. The van der Waals surface area contributed by atoms with Gasteiger partial charge in [0.2, 0.25) is 5.91 Å². The molecule has 5 heteroatoms. The number of benzene rings is 1. The lowest BCUT2D eigenvalue weighted by molar-refractivity contribution is -0.131. The van der Waals surface area contributed by atoms with E-state index in [1.165, 1.54) is 5.56 Å². The zero-order valence-corrected chi connectivity index (χ0v) is 13.3. The highest BCUT2D eigenvalue weighted by Crippen LogP contribution is 2.12. The fourth-order valence-corrected chi connectivity index (χ4v) is 1.70. The van der Waals surface area contributed by atoms with Crippen molar-refractivity contribution in [3.63, 3.8) is 0 Å². The van der Waals surface area contributed by atoms with E-state index >= 15 is 0 Å². The van der Waals surface area contributed by atoms with E-state index in [0.29, 0.717) is 26.0 Å². The van der Waals surface area contributed by atoms with Gasteiger partial charge in [0.05, 0.1) is 6.61 Å². The highest BCUT2D eigenvalue weighted by molar-refractivity contribution is 5.85. The Morgan fingerprint density at radius 1 is 1.45 bits per heavy atom. The number of halogens is 1. The van der Waals surface area contributed by atoms with Crippen LogP contribution in [0.15, 0.2) is 24.3 Å². The van der Waals surface area contributed by atoms with Crippen LogP contribution in [0.4, 0.5) is 0 Å². The fraction of sp³-hybridized carbons (Fsp3) is 0.533. The summed E-state index contributed by atoms with van der Waals surface area (Å²) in [7, 11) is 1.79. The Morgan fingerprint density at radius 3 is 2.75 bits per heavy atom. The predicted octanol–water partition coefficient (Wildman–Crippen LogP) is 2.38. The first kappa shape index (κ1) is 18.7. The van der Waals surface area contributed by atoms with Crippen molar-refractivity contribution in [2.45, 2.75) is 32.7 Å². The molecule has 0 bridgehead atoms. The van der Waals surface area contributed by atoms with Crippen LogP contribution in [0.1, 0.15) is 25.3 Å². The van der Waals surface area contributed by atoms with Crippen molar-refractivity contribution in [3.8, 4) is 5.75 Å². The average Bonchev–Trinajstić information content (AvgIpc) is 2.41. The van der Waals surface area contributed by atoms with Crippen LogP contribution in [0.25, 0.3) is 0 Å². The lowest BCUT2D eigenvalue weighted by Crippen LogP contribution is -2.39. The molecule has 2 N–H and O–H groups in total. The first-order valence-electron chi connectivity index (χ1n) is 6.69. The van der Waals surface area contributed by atoms with Gasteiger partial charge in [-0.05, 0) is 38.0 Å². The summed E-state index contributed by atoms with van der Waals surface area (Å²) < 4.78 is 5.61. The number of carbonyl (C=O) groups excluding carboxylic acids is 1. The topological polar surface area (TPSA) is 55.6 Å². The Balaban J connectivity index is 0.00000361. The summed E-state index contributed by atoms with van der Waals surface area (Å²) in [6.45, 7) is 5.02. The van der Waals surface area contributed by atoms with Crippen molar-refractivity contribution in [3.05, 3.63) is 29.8 Å². The van der Waals surface area contributed by atoms with E-state index in [-0.39, 0.29) is 24.4 Å². The predicted molar refractivity (Wildman–Crippen MR) is 84.4 cm³/mol. The van der Waals surface area contributed by atoms with Gasteiger partial charge < -0.3 is 15.4 Å². The molecule has 1 aromatic rings. The first-order valence-corrected chi connectivity index (χ1v) is 6.69. The second kappa shape index (κ2) is 9.61. The molecular weight excluding hydrogens is 276 g/mol. The van der Waals surface area contributed by atoms with E-state index in [4.69, 9.17) is 10.5 Å². The van der Waals surface area contributed by atoms with Gasteiger partial charge in [-0.1, -0.05) is 12.1 Å². The van der Waals surface area contributed by atoms with Gasteiger partial charge in [-0.3, -0.25) is 4.79 Å². The summed E-state index contributed by atoms with van der Waals surface area (Å²) in [6, 6.07) is 8.00. The molecule has 1 amide bonds. The Morgan fingerprint density at radius 2 is 2.15 bits per heavy atom. The summed E-state index contributed by atoms with van der Waals surface area (Å²) in [5, 5.41) is 0. The summed E-state index contributed by atoms with van der Waals surface area (Å²) in [5.74, 6) is 0.974. The molecule has 20 heavy (non-hydrogen) atoms. The number of nitrogens with zero attached hydrogens (tertiary/aromatic N) is 1. The highest BCUT2D eigenvalue weighted by atomic mass is 35.5. The maximum Gasteiger partial charge on any atom is 0.222 e. The van der Waals surface area contributed by atoms with Gasteiger partial charge in [0, 0.05) is 26.1 Å². The Kier molecular flexibility index (Phi) is 9.01. The van der Waals surface area contributed by atoms with Crippen molar-refractivity contribution >= 4 is 18.3 Å². The largest absolute Gasteiger partial charge is 0.494 e. The van der Waals surface area contributed by atoms with E-state index < -0.39 is 0 Å². The lowest BCUT2D eigenvalue weighted by Gasteiger charge is -2.23. The van der Waals surface area contributed by atoms with Crippen LogP contribution in [-0.2, 0) is 4.79 Å². The third kappa shape index (κ3) is 6.26. The second-order valence-electron chi connectivity index (χ2n) is 4.86. The molecule has 0 aliphatic rings. The van der Waals surface area contributed by atoms with Crippen LogP contribution in [0, 0.1) is 6.92 Å². The quantitative estimate of drug-likeness (QED) is 0.787. The number of nitrogens with two attached hydrogens (primary N) is 1. The molecule has 0 aliphatic carbocycles. The van der Waals surface area contributed by atoms with Crippen LogP contribution in [0.5, 0.6) is 5.75 Å². The maximum absolute atomic E-state index is 11.8. The maximum atomic E-state index is 11.8. The highest BCUT2D eigenvalue weighted by Gasteiger charge is 2.13. The Labute approximate surface area is 127 Å². The van der Waals surface area contributed by atoms with Crippen molar-refractivity contribution in [2.24, 2.45) is 5.73 Å². The molecule has 1 rings (SSSR count). The monoisotopic (exact) mass is 300 g/mol. The van der Waals surface area contributed by atoms with Gasteiger partial charge in [-0.25, -0.2) is 0 Å². The third-order valence-electron chi connectivity index (χ3n) is 3.19. The van der Waals surface area contributed by atoms with Gasteiger partial charge in [0.15, 0.2) is 0 Å². The standard InChI is InChI=1S/C15H24N2O2.ClH/c1-12-6-4-7-14(10-12)19-9-5-8-15(18)17(3)13(2)11-16;/h4,6-7,10,13H,5,8-9,11,16H2,1-3H3;1H. The summed E-state index contributed by atoms with van der Waals surface area (Å²) in [5.41, 5.74) is 6.71. The van der Waals surface area contributed by atoms with Crippen molar-refractivity contribution in [1.82, 2.24) is 4.90 Å². The van der Waals surface area contributed by atoms with Crippen molar-refractivity contribution in [1.29, 1.82) is 0 Å². The normalized spacial score (nSPS) is 11.4. The second-order valence-corrected chi connectivity index (χ2v) is 4.86. The van der Waals surface area contributed by atoms with Crippen LogP contribution in [-0.4, -0.2) is 37.0 Å². The van der Waals surface area contributed by atoms with E-state index in [1.54, 1.807) is 11.9 Å². The molecule has 1 unspecified atom stereocenters. The zero-order valence-electron chi connectivity index (χ0n) is 12.5. The molecule has 0 aliphatic heterocycles. The Bertz CT molecular complexity index is 413. The summed E-state index contributed by atoms with van der Waals surface area (Å²) in [4.78, 5) is 13.5. The Hall–Kier alpha value is -1.26. The van der Waals surface area contributed by atoms with Gasteiger partial charge in [-0.2, -0.15) is 0 Å². The van der Waals surface area contributed by atoms with E-state index in [1.807, 2.05) is 38.1 Å². The third-order valence-corrected chi connectivity index (χ3v) is 3.19. The van der Waals surface area contributed by atoms with Crippen molar-refractivity contribution in [2.75, 3.05) is 20.2 Å². The van der Waals surface area contributed by atoms with Crippen LogP contribution in [0.2, 0.25) is 0 Å². The number of carbonyl (C=O) groups is 1. The number of rotatable bonds is 7. The minimum absolute atomic E-state index is 0. The summed E-state index contributed by atoms with van der Waals surface area (Å²) >= 11 is 0. The van der Waals surface area contributed by atoms with E-state index in [2.05, 4.69) is 0 Å². The van der Waals surface area contributed by atoms with E-state index in [9.17, 15) is 4.79 Å². The number of hydrogen-bond acceptors (Lipinski definition) is 3. The molecule has 0 spiro atoms. The van der Waals surface area contributed by atoms with Gasteiger partial charge in [-0.15, -0.1) is 12.4 Å². The molecule has 0 radical (unpaired) electrons. The van der Waals surface area contributed by atoms with Crippen molar-refractivity contribution < 1.29 is 9.53 Å². The van der Waals surface area contributed by atoms with Gasteiger partial charge in [0.25, 0.3) is 0 Å². The molecule has 0 aromatic heterocycles. The molecule has 1 atom stereocenters. The average molecular weight is 301 g/mol. The lowest BCUT2D eigenvalue weighted by atomic mass is 10.2. The molecule has 4 nitrogen and oxygen atoms in total. The van der Waals surface area contributed by atoms with Gasteiger partial charge >= 0.3 is 0 Å². The van der Waals surface area contributed by atoms with E-state index in [0.717, 1.165) is 5.75 Å². The molecule has 1 aromatic carbocycles. The first-order chi connectivity index (χ1) is 9.04. The van der Waals surface area contributed by atoms with Crippen LogP contribution < -0.4 is 10.5 Å². The number of ether oxygens (including phenoxy) is 1. The number of likely N-dealkylation sites (N-methyl/N-ethyl adjacent to an activating group) is 1. The summed E-state index contributed by atoms with van der Waals surface area (Å²) in [6.07, 6.45) is 1.21. The molecule has 0 fully saturated rings. The molecule has 114 valence electrons. The number of hydrogen-bond donors (Lipinski definition) is 1. The van der Waals surface area contributed by atoms with Crippen LogP contribution >= 0.6 is 12.4 Å². The van der Waals surface area contributed by atoms with Gasteiger partial charge in [0.1, 0.15) is 5.75 Å². The fourth-order valence-electron chi connectivity index (χ4n) is 1.70. The molecule has 0 saturated heterocycles. The number of amides is 1.